The molecule has 0 saturated carbocycles. The first-order valence-electron chi connectivity index (χ1n) is 9.58. The van der Waals surface area contributed by atoms with Crippen LogP contribution in [0.1, 0.15) is 16.2 Å². The Morgan fingerprint density at radius 1 is 0.964 bits per heavy atom. The van der Waals surface area contributed by atoms with Gasteiger partial charge in [-0.2, -0.15) is 0 Å². The van der Waals surface area contributed by atoms with Crippen LogP contribution in [0, 0.1) is 6.92 Å². The van der Waals surface area contributed by atoms with Gasteiger partial charge in [-0.05, 0) is 25.1 Å². The van der Waals surface area contributed by atoms with Crippen molar-refractivity contribution in [2.24, 2.45) is 0 Å². The van der Waals surface area contributed by atoms with E-state index in [4.69, 9.17) is 16.3 Å². The normalized spacial score (nSPS) is 17.7. The van der Waals surface area contributed by atoms with Crippen molar-refractivity contribution in [2.45, 2.75) is 6.92 Å². The van der Waals surface area contributed by atoms with Crippen LogP contribution in [0.15, 0.2) is 30.3 Å². The molecule has 0 spiro atoms. The van der Waals surface area contributed by atoms with Crippen molar-refractivity contribution in [3.63, 3.8) is 0 Å². The highest BCUT2D eigenvalue weighted by molar-refractivity contribution is 6.30. The summed E-state index contributed by atoms with van der Waals surface area (Å²) >= 11 is 6.02. The second-order valence-electron chi connectivity index (χ2n) is 7.02. The summed E-state index contributed by atoms with van der Waals surface area (Å²) in [6, 6.07) is 9.16. The van der Waals surface area contributed by atoms with E-state index in [1.54, 1.807) is 12.1 Å². The molecule has 2 saturated heterocycles. The molecule has 2 fully saturated rings. The second kappa shape index (κ2) is 8.32. The molecule has 2 aliphatic rings. The zero-order valence-corrected chi connectivity index (χ0v) is 16.7. The molecule has 8 heteroatoms. The van der Waals surface area contributed by atoms with E-state index >= 15 is 0 Å². The third-order valence-electron chi connectivity index (χ3n) is 5.11. The summed E-state index contributed by atoms with van der Waals surface area (Å²) < 4.78 is 5.43. The molecule has 4 rings (SSSR count). The predicted molar refractivity (Wildman–Crippen MR) is 109 cm³/mol. The summed E-state index contributed by atoms with van der Waals surface area (Å²) in [5, 5.41) is 0.580. The number of piperazine rings is 1. The number of benzene rings is 1. The number of hydrogen-bond acceptors (Lipinski definition) is 6. The standard InChI is InChI=1S/C20H24ClN5O2/c1-15-22-18(14-19(23-15)25-9-11-28-12-10-25)24-5-7-26(8-6-24)20(27)16-3-2-4-17(21)13-16/h2-4,13-14H,5-12H2,1H3. The van der Waals surface area contributed by atoms with Gasteiger partial charge < -0.3 is 19.4 Å². The van der Waals surface area contributed by atoms with Gasteiger partial charge in [0.15, 0.2) is 0 Å². The van der Waals surface area contributed by atoms with Crippen molar-refractivity contribution >= 4 is 29.1 Å². The third kappa shape index (κ3) is 4.20. The predicted octanol–water partition coefficient (Wildman–Crippen LogP) is 2.24. The monoisotopic (exact) mass is 401 g/mol. The molecule has 1 amide bonds. The average molecular weight is 402 g/mol. The van der Waals surface area contributed by atoms with Crippen LogP contribution in [0.3, 0.4) is 0 Å². The molecule has 0 aliphatic carbocycles. The molecule has 7 nitrogen and oxygen atoms in total. The first-order valence-corrected chi connectivity index (χ1v) is 9.96. The molecule has 0 radical (unpaired) electrons. The molecule has 3 heterocycles. The van der Waals surface area contributed by atoms with E-state index in [9.17, 15) is 4.79 Å². The number of hydrogen-bond donors (Lipinski definition) is 0. The van der Waals surface area contributed by atoms with Crippen LogP contribution in [0.2, 0.25) is 5.02 Å². The van der Waals surface area contributed by atoms with Gasteiger partial charge in [-0.3, -0.25) is 4.79 Å². The van der Waals surface area contributed by atoms with Crippen molar-refractivity contribution in [1.29, 1.82) is 0 Å². The number of aromatic nitrogens is 2. The van der Waals surface area contributed by atoms with Crippen LogP contribution in [0.5, 0.6) is 0 Å². The summed E-state index contributed by atoms with van der Waals surface area (Å²) in [7, 11) is 0. The molecule has 148 valence electrons. The quantitative estimate of drug-likeness (QED) is 0.786. The van der Waals surface area contributed by atoms with E-state index in [1.807, 2.05) is 30.0 Å². The topological polar surface area (TPSA) is 61.8 Å². The van der Waals surface area contributed by atoms with E-state index in [0.717, 1.165) is 56.9 Å². The summed E-state index contributed by atoms with van der Waals surface area (Å²) in [6.07, 6.45) is 0. The molecule has 0 bridgehead atoms. The minimum absolute atomic E-state index is 0.0232. The Labute approximate surface area is 169 Å². The lowest BCUT2D eigenvalue weighted by Gasteiger charge is -2.36. The average Bonchev–Trinajstić information content (AvgIpc) is 2.73. The zero-order chi connectivity index (χ0) is 19.5. The van der Waals surface area contributed by atoms with Gasteiger partial charge in [0, 0.05) is 55.9 Å². The Bertz CT molecular complexity index is 848. The Morgan fingerprint density at radius 2 is 1.61 bits per heavy atom. The number of aryl methyl sites for hydroxylation is 1. The van der Waals surface area contributed by atoms with Crippen molar-refractivity contribution in [3.8, 4) is 0 Å². The molecule has 2 aromatic rings. The van der Waals surface area contributed by atoms with Crippen molar-refractivity contribution in [3.05, 3.63) is 46.7 Å². The van der Waals surface area contributed by atoms with E-state index in [-0.39, 0.29) is 5.91 Å². The fraction of sp³-hybridized carbons (Fsp3) is 0.450. The highest BCUT2D eigenvalue weighted by atomic mass is 35.5. The van der Waals surface area contributed by atoms with Gasteiger partial charge in [0.25, 0.3) is 5.91 Å². The van der Waals surface area contributed by atoms with Crippen LogP contribution in [0.4, 0.5) is 11.6 Å². The molecule has 28 heavy (non-hydrogen) atoms. The van der Waals surface area contributed by atoms with Crippen LogP contribution in [-0.4, -0.2) is 73.3 Å². The summed E-state index contributed by atoms with van der Waals surface area (Å²) in [4.78, 5) is 28.3. The molecule has 0 atom stereocenters. The molecule has 0 unspecified atom stereocenters. The molecule has 2 aliphatic heterocycles. The first-order chi connectivity index (χ1) is 13.6. The number of ether oxygens (including phenoxy) is 1. The van der Waals surface area contributed by atoms with Crippen LogP contribution in [0.25, 0.3) is 0 Å². The maximum absolute atomic E-state index is 12.7. The summed E-state index contributed by atoms with van der Waals surface area (Å²) in [5.41, 5.74) is 0.633. The highest BCUT2D eigenvalue weighted by Gasteiger charge is 2.24. The van der Waals surface area contributed by atoms with E-state index < -0.39 is 0 Å². The van der Waals surface area contributed by atoms with Crippen LogP contribution < -0.4 is 9.80 Å². The van der Waals surface area contributed by atoms with Gasteiger partial charge in [-0.25, -0.2) is 9.97 Å². The second-order valence-corrected chi connectivity index (χ2v) is 7.46. The number of morpholine rings is 1. The van der Waals surface area contributed by atoms with Gasteiger partial charge in [0.1, 0.15) is 17.5 Å². The Balaban J connectivity index is 1.43. The van der Waals surface area contributed by atoms with Gasteiger partial charge >= 0.3 is 0 Å². The Hall–Kier alpha value is -2.38. The van der Waals surface area contributed by atoms with Crippen molar-refractivity contribution in [1.82, 2.24) is 14.9 Å². The number of anilines is 2. The Kier molecular flexibility index (Phi) is 5.64. The van der Waals surface area contributed by atoms with Gasteiger partial charge in [-0.1, -0.05) is 17.7 Å². The van der Waals surface area contributed by atoms with E-state index in [1.165, 1.54) is 0 Å². The lowest BCUT2D eigenvalue weighted by atomic mass is 10.2. The largest absolute Gasteiger partial charge is 0.378 e. The Morgan fingerprint density at radius 3 is 2.25 bits per heavy atom. The zero-order valence-electron chi connectivity index (χ0n) is 16.0. The lowest BCUT2D eigenvalue weighted by Crippen LogP contribution is -2.49. The first kappa shape index (κ1) is 19.0. The van der Waals surface area contributed by atoms with Gasteiger partial charge in [0.05, 0.1) is 13.2 Å². The number of rotatable bonds is 3. The summed E-state index contributed by atoms with van der Waals surface area (Å²) in [5.74, 6) is 2.65. The molecule has 0 N–H and O–H groups in total. The molecule has 1 aromatic carbocycles. The number of carbonyl (C=O) groups is 1. The van der Waals surface area contributed by atoms with E-state index in [0.29, 0.717) is 23.7 Å². The number of nitrogens with zero attached hydrogens (tertiary/aromatic N) is 5. The lowest BCUT2D eigenvalue weighted by molar-refractivity contribution is 0.0746. The van der Waals surface area contributed by atoms with Crippen molar-refractivity contribution < 1.29 is 9.53 Å². The van der Waals surface area contributed by atoms with Gasteiger partial charge in [0.2, 0.25) is 0 Å². The molecular weight excluding hydrogens is 378 g/mol. The fourth-order valence-electron chi connectivity index (χ4n) is 3.60. The fourth-order valence-corrected chi connectivity index (χ4v) is 3.79. The maximum atomic E-state index is 12.7. The molecular formula is C20H24ClN5O2. The minimum atomic E-state index is 0.0232. The minimum Gasteiger partial charge on any atom is -0.378 e. The smallest absolute Gasteiger partial charge is 0.254 e. The number of carbonyl (C=O) groups excluding carboxylic acids is 1. The summed E-state index contributed by atoms with van der Waals surface area (Å²) in [6.45, 7) is 7.85. The van der Waals surface area contributed by atoms with Crippen molar-refractivity contribution in [2.75, 3.05) is 62.3 Å². The molecule has 1 aromatic heterocycles. The van der Waals surface area contributed by atoms with Gasteiger partial charge in [-0.15, -0.1) is 0 Å². The highest BCUT2D eigenvalue weighted by Crippen LogP contribution is 2.22. The third-order valence-corrected chi connectivity index (χ3v) is 5.34. The van der Waals surface area contributed by atoms with Crippen LogP contribution in [-0.2, 0) is 4.74 Å². The SMILES string of the molecule is Cc1nc(N2CCOCC2)cc(N2CCN(C(=O)c3cccc(Cl)c3)CC2)n1. The number of amides is 1. The van der Waals surface area contributed by atoms with Crippen LogP contribution >= 0.6 is 11.6 Å². The van der Waals surface area contributed by atoms with E-state index in [2.05, 4.69) is 19.8 Å². The number of halogens is 1. The maximum Gasteiger partial charge on any atom is 0.254 e.